The number of hydrogen-bond acceptors (Lipinski definition) is 2. The van der Waals surface area contributed by atoms with E-state index in [4.69, 9.17) is 5.73 Å². The van der Waals surface area contributed by atoms with Crippen molar-refractivity contribution in [1.82, 2.24) is 9.47 Å². The first-order valence-electron chi connectivity index (χ1n) is 5.62. The van der Waals surface area contributed by atoms with Crippen LogP contribution in [0.1, 0.15) is 10.4 Å². The highest BCUT2D eigenvalue weighted by Gasteiger charge is 2.10. The van der Waals surface area contributed by atoms with E-state index >= 15 is 0 Å². The molecule has 0 aliphatic heterocycles. The van der Waals surface area contributed by atoms with Gasteiger partial charge in [-0.15, -0.1) is 0 Å². The summed E-state index contributed by atoms with van der Waals surface area (Å²) >= 11 is 0. The summed E-state index contributed by atoms with van der Waals surface area (Å²) in [6.45, 7) is 1.78. The number of carbonyl (C=O) groups is 1. The van der Waals surface area contributed by atoms with Gasteiger partial charge in [0.05, 0.1) is 11.1 Å². The van der Waals surface area contributed by atoms with E-state index in [1.807, 2.05) is 38.5 Å². The molecule has 0 fully saturated rings. The minimum atomic E-state index is -0.375. The molecular weight excluding hydrogens is 214 g/mol. The Morgan fingerprint density at radius 1 is 1.35 bits per heavy atom. The number of amides is 1. The van der Waals surface area contributed by atoms with Gasteiger partial charge in [0.25, 0.3) is 5.91 Å². The van der Waals surface area contributed by atoms with Gasteiger partial charge < -0.3 is 15.2 Å². The van der Waals surface area contributed by atoms with Gasteiger partial charge in [-0.25, -0.2) is 0 Å². The number of aromatic nitrogens is 1. The summed E-state index contributed by atoms with van der Waals surface area (Å²) in [6, 6.07) is 7.64. The number of benzene rings is 1. The summed E-state index contributed by atoms with van der Waals surface area (Å²) in [5.41, 5.74) is 6.92. The molecule has 2 rings (SSSR count). The predicted molar refractivity (Wildman–Crippen MR) is 69.0 cm³/mol. The highest BCUT2D eigenvalue weighted by molar-refractivity contribution is 6.05. The van der Waals surface area contributed by atoms with Crippen LogP contribution in [0.5, 0.6) is 0 Å². The van der Waals surface area contributed by atoms with Gasteiger partial charge in [0, 0.05) is 24.7 Å². The number of carbonyl (C=O) groups excluding carboxylic acids is 1. The fourth-order valence-corrected chi connectivity index (χ4v) is 1.95. The number of nitrogens with zero attached hydrogens (tertiary/aromatic N) is 2. The number of likely N-dealkylation sites (N-methyl/N-ethyl adjacent to an activating group) is 1. The Hall–Kier alpha value is -1.81. The van der Waals surface area contributed by atoms with E-state index in [9.17, 15) is 4.79 Å². The van der Waals surface area contributed by atoms with Crippen molar-refractivity contribution < 1.29 is 4.79 Å². The zero-order valence-electron chi connectivity index (χ0n) is 10.2. The molecule has 0 aliphatic rings. The van der Waals surface area contributed by atoms with Crippen LogP contribution in [0.4, 0.5) is 0 Å². The Labute approximate surface area is 101 Å². The van der Waals surface area contributed by atoms with Gasteiger partial charge in [-0.2, -0.15) is 0 Å². The standard InChI is InChI=1S/C13H17N3O/c1-15(2)8-9-16-7-6-10-4-3-5-11(12(10)16)13(14)17/h3-7H,8-9H2,1-2H3,(H2,14,17). The normalized spacial score (nSPS) is 11.2. The quantitative estimate of drug-likeness (QED) is 0.862. The molecule has 2 aromatic rings. The van der Waals surface area contributed by atoms with Crippen LogP contribution in [0.25, 0.3) is 10.9 Å². The number of para-hydroxylation sites is 1. The van der Waals surface area contributed by atoms with Crippen LogP contribution in [0, 0.1) is 0 Å². The van der Waals surface area contributed by atoms with E-state index in [0.717, 1.165) is 24.0 Å². The summed E-state index contributed by atoms with van der Waals surface area (Å²) in [5.74, 6) is -0.375. The van der Waals surface area contributed by atoms with Crippen molar-refractivity contribution in [3.8, 4) is 0 Å². The van der Waals surface area contributed by atoms with Gasteiger partial charge in [-0.3, -0.25) is 4.79 Å². The van der Waals surface area contributed by atoms with Crippen molar-refractivity contribution in [1.29, 1.82) is 0 Å². The van der Waals surface area contributed by atoms with Crippen LogP contribution in [-0.4, -0.2) is 36.0 Å². The molecule has 0 spiro atoms. The lowest BCUT2D eigenvalue weighted by Crippen LogP contribution is -2.19. The molecule has 1 amide bonds. The van der Waals surface area contributed by atoms with Crippen molar-refractivity contribution >= 4 is 16.8 Å². The average Bonchev–Trinajstić information content (AvgIpc) is 2.69. The van der Waals surface area contributed by atoms with E-state index in [1.54, 1.807) is 6.07 Å². The summed E-state index contributed by atoms with van der Waals surface area (Å²) in [4.78, 5) is 13.5. The third kappa shape index (κ3) is 2.31. The second kappa shape index (κ2) is 4.59. The first kappa shape index (κ1) is 11.7. The lowest BCUT2D eigenvalue weighted by atomic mass is 10.1. The molecule has 0 bridgehead atoms. The summed E-state index contributed by atoms with van der Waals surface area (Å²) in [5, 5.41) is 1.06. The Kier molecular flexibility index (Phi) is 3.15. The molecule has 1 heterocycles. The number of primary amides is 1. The van der Waals surface area contributed by atoms with Crippen LogP contribution in [-0.2, 0) is 6.54 Å². The lowest BCUT2D eigenvalue weighted by Gasteiger charge is -2.12. The van der Waals surface area contributed by atoms with Crippen molar-refractivity contribution in [2.24, 2.45) is 5.73 Å². The minimum Gasteiger partial charge on any atom is -0.366 e. The molecule has 0 atom stereocenters. The number of nitrogens with two attached hydrogens (primary N) is 1. The fraction of sp³-hybridized carbons (Fsp3) is 0.308. The van der Waals surface area contributed by atoms with Crippen molar-refractivity contribution in [2.45, 2.75) is 6.54 Å². The van der Waals surface area contributed by atoms with E-state index in [0.29, 0.717) is 5.56 Å². The monoisotopic (exact) mass is 231 g/mol. The smallest absolute Gasteiger partial charge is 0.250 e. The molecule has 0 saturated heterocycles. The zero-order chi connectivity index (χ0) is 12.4. The SMILES string of the molecule is CN(C)CCn1ccc2cccc(C(N)=O)c21. The van der Waals surface area contributed by atoms with E-state index in [1.165, 1.54) is 0 Å². The highest BCUT2D eigenvalue weighted by atomic mass is 16.1. The van der Waals surface area contributed by atoms with E-state index in [-0.39, 0.29) is 5.91 Å². The van der Waals surface area contributed by atoms with Gasteiger partial charge in [-0.1, -0.05) is 12.1 Å². The molecule has 90 valence electrons. The largest absolute Gasteiger partial charge is 0.366 e. The van der Waals surface area contributed by atoms with Crippen molar-refractivity contribution in [3.63, 3.8) is 0 Å². The first-order chi connectivity index (χ1) is 8.09. The summed E-state index contributed by atoms with van der Waals surface area (Å²) in [7, 11) is 4.06. The third-order valence-electron chi connectivity index (χ3n) is 2.84. The molecular formula is C13H17N3O. The molecule has 0 saturated carbocycles. The second-order valence-electron chi connectivity index (χ2n) is 4.42. The first-order valence-corrected chi connectivity index (χ1v) is 5.62. The fourth-order valence-electron chi connectivity index (χ4n) is 1.95. The van der Waals surface area contributed by atoms with Crippen LogP contribution < -0.4 is 5.73 Å². The number of fused-ring (bicyclic) bond motifs is 1. The topological polar surface area (TPSA) is 51.3 Å². The maximum Gasteiger partial charge on any atom is 0.250 e. The molecule has 1 aromatic carbocycles. The zero-order valence-corrected chi connectivity index (χ0v) is 10.2. The highest BCUT2D eigenvalue weighted by Crippen LogP contribution is 2.20. The molecule has 4 nitrogen and oxygen atoms in total. The Morgan fingerprint density at radius 3 is 2.76 bits per heavy atom. The molecule has 4 heteroatoms. The Balaban J connectivity index is 2.46. The van der Waals surface area contributed by atoms with E-state index in [2.05, 4.69) is 9.47 Å². The third-order valence-corrected chi connectivity index (χ3v) is 2.84. The summed E-state index contributed by atoms with van der Waals surface area (Å²) < 4.78 is 2.08. The van der Waals surface area contributed by atoms with Crippen LogP contribution in [0.2, 0.25) is 0 Å². The molecule has 0 radical (unpaired) electrons. The van der Waals surface area contributed by atoms with Gasteiger partial charge in [0.2, 0.25) is 0 Å². The molecule has 2 N–H and O–H groups in total. The second-order valence-corrected chi connectivity index (χ2v) is 4.42. The van der Waals surface area contributed by atoms with Crippen molar-refractivity contribution in [3.05, 3.63) is 36.0 Å². The van der Waals surface area contributed by atoms with E-state index < -0.39 is 0 Å². The molecule has 17 heavy (non-hydrogen) atoms. The number of hydrogen-bond donors (Lipinski definition) is 1. The molecule has 0 aliphatic carbocycles. The van der Waals surface area contributed by atoms with Gasteiger partial charge >= 0.3 is 0 Å². The Morgan fingerprint density at radius 2 is 2.12 bits per heavy atom. The predicted octanol–water partition coefficient (Wildman–Crippen LogP) is 1.30. The van der Waals surface area contributed by atoms with Crippen LogP contribution in [0.15, 0.2) is 30.5 Å². The maximum absolute atomic E-state index is 11.4. The molecule has 0 unspecified atom stereocenters. The maximum atomic E-state index is 11.4. The van der Waals surface area contributed by atoms with Crippen molar-refractivity contribution in [2.75, 3.05) is 20.6 Å². The van der Waals surface area contributed by atoms with Crippen LogP contribution in [0.3, 0.4) is 0 Å². The van der Waals surface area contributed by atoms with Gasteiger partial charge in [0.1, 0.15) is 0 Å². The van der Waals surface area contributed by atoms with Crippen LogP contribution >= 0.6 is 0 Å². The number of rotatable bonds is 4. The average molecular weight is 231 g/mol. The van der Waals surface area contributed by atoms with Gasteiger partial charge in [0.15, 0.2) is 0 Å². The van der Waals surface area contributed by atoms with Gasteiger partial charge in [-0.05, 0) is 26.2 Å². The lowest BCUT2D eigenvalue weighted by molar-refractivity contribution is 0.100. The summed E-state index contributed by atoms with van der Waals surface area (Å²) in [6.07, 6.45) is 2.00. The Bertz CT molecular complexity index is 543. The molecule has 1 aromatic heterocycles. The minimum absolute atomic E-state index is 0.375.